The molecular formula is C14H28N2O. The van der Waals surface area contributed by atoms with Gasteiger partial charge in [0.15, 0.2) is 0 Å². The number of hydrogen-bond acceptors (Lipinski definition) is 3. The van der Waals surface area contributed by atoms with Gasteiger partial charge in [0.2, 0.25) is 0 Å². The SMILES string of the molecule is CC(C)CNCC(C)CN1CC2CCC(C1)O2. The molecule has 0 spiro atoms. The molecule has 3 heteroatoms. The summed E-state index contributed by atoms with van der Waals surface area (Å²) in [5.74, 6) is 1.49. The molecule has 2 heterocycles. The molecule has 2 aliphatic heterocycles. The third-order valence-electron chi connectivity index (χ3n) is 3.73. The first-order valence-corrected chi connectivity index (χ1v) is 7.22. The van der Waals surface area contributed by atoms with Gasteiger partial charge in [0.25, 0.3) is 0 Å². The molecule has 2 saturated heterocycles. The standard InChI is InChI=1S/C14H28N2O/c1-11(2)6-15-7-12(3)8-16-9-13-4-5-14(10-16)17-13/h11-15H,4-10H2,1-3H3. The molecule has 3 unspecified atom stereocenters. The Morgan fingerprint density at radius 2 is 1.76 bits per heavy atom. The molecule has 0 aliphatic carbocycles. The van der Waals surface area contributed by atoms with Crippen molar-refractivity contribution in [2.45, 2.75) is 45.8 Å². The summed E-state index contributed by atoms with van der Waals surface area (Å²) in [6.45, 7) is 12.7. The topological polar surface area (TPSA) is 24.5 Å². The van der Waals surface area contributed by atoms with E-state index in [9.17, 15) is 0 Å². The van der Waals surface area contributed by atoms with Crippen LogP contribution in [0.5, 0.6) is 0 Å². The number of likely N-dealkylation sites (tertiary alicyclic amines) is 1. The number of nitrogens with zero attached hydrogens (tertiary/aromatic N) is 1. The highest BCUT2D eigenvalue weighted by Gasteiger charge is 2.33. The highest BCUT2D eigenvalue weighted by atomic mass is 16.5. The van der Waals surface area contributed by atoms with Gasteiger partial charge < -0.3 is 10.1 Å². The molecule has 2 aliphatic rings. The van der Waals surface area contributed by atoms with Crippen molar-refractivity contribution in [1.29, 1.82) is 0 Å². The lowest BCUT2D eigenvalue weighted by molar-refractivity contribution is -0.0418. The predicted molar refractivity (Wildman–Crippen MR) is 71.2 cm³/mol. The van der Waals surface area contributed by atoms with Crippen LogP contribution in [0, 0.1) is 11.8 Å². The van der Waals surface area contributed by atoms with Crippen LogP contribution >= 0.6 is 0 Å². The van der Waals surface area contributed by atoms with E-state index in [4.69, 9.17) is 4.74 Å². The van der Waals surface area contributed by atoms with Crippen LogP contribution in [0.2, 0.25) is 0 Å². The zero-order valence-electron chi connectivity index (χ0n) is 11.6. The number of morpholine rings is 1. The molecule has 2 rings (SSSR count). The lowest BCUT2D eigenvalue weighted by Gasteiger charge is -2.33. The Balaban J connectivity index is 1.63. The van der Waals surface area contributed by atoms with Crippen LogP contribution in [0.15, 0.2) is 0 Å². The lowest BCUT2D eigenvalue weighted by Crippen LogP contribution is -2.45. The highest BCUT2D eigenvalue weighted by Crippen LogP contribution is 2.26. The number of ether oxygens (including phenoxy) is 1. The van der Waals surface area contributed by atoms with E-state index in [1.807, 2.05) is 0 Å². The molecule has 0 aromatic heterocycles. The molecular weight excluding hydrogens is 212 g/mol. The zero-order valence-corrected chi connectivity index (χ0v) is 11.6. The minimum Gasteiger partial charge on any atom is -0.372 e. The molecule has 0 aromatic rings. The third-order valence-corrected chi connectivity index (χ3v) is 3.73. The Labute approximate surface area is 106 Å². The normalized spacial score (nSPS) is 31.1. The van der Waals surface area contributed by atoms with Crippen molar-refractivity contribution >= 4 is 0 Å². The van der Waals surface area contributed by atoms with Crippen molar-refractivity contribution in [3.05, 3.63) is 0 Å². The molecule has 3 nitrogen and oxygen atoms in total. The first kappa shape index (κ1) is 13.3. The van der Waals surface area contributed by atoms with Crippen LogP contribution in [-0.4, -0.2) is 49.8 Å². The summed E-state index contributed by atoms with van der Waals surface area (Å²) in [6, 6.07) is 0. The van der Waals surface area contributed by atoms with Gasteiger partial charge in [-0.3, -0.25) is 4.90 Å². The fourth-order valence-electron chi connectivity index (χ4n) is 2.97. The summed E-state index contributed by atoms with van der Waals surface area (Å²) in [5, 5.41) is 3.55. The average Bonchev–Trinajstić information content (AvgIpc) is 2.57. The van der Waals surface area contributed by atoms with Crippen LogP contribution in [-0.2, 0) is 4.74 Å². The van der Waals surface area contributed by atoms with Gasteiger partial charge in [-0.05, 0) is 37.8 Å². The summed E-state index contributed by atoms with van der Waals surface area (Å²) < 4.78 is 5.86. The van der Waals surface area contributed by atoms with Crippen molar-refractivity contribution in [3.8, 4) is 0 Å². The first-order valence-electron chi connectivity index (χ1n) is 7.22. The van der Waals surface area contributed by atoms with Gasteiger partial charge >= 0.3 is 0 Å². The Morgan fingerprint density at radius 1 is 1.12 bits per heavy atom. The first-order chi connectivity index (χ1) is 8.13. The predicted octanol–water partition coefficient (Wildman–Crippen LogP) is 1.73. The molecule has 2 bridgehead atoms. The van der Waals surface area contributed by atoms with Gasteiger partial charge in [-0.15, -0.1) is 0 Å². The summed E-state index contributed by atoms with van der Waals surface area (Å²) in [7, 11) is 0. The summed E-state index contributed by atoms with van der Waals surface area (Å²) in [6.07, 6.45) is 3.62. The molecule has 0 radical (unpaired) electrons. The number of nitrogens with one attached hydrogen (secondary N) is 1. The van der Waals surface area contributed by atoms with E-state index >= 15 is 0 Å². The molecule has 0 amide bonds. The molecule has 17 heavy (non-hydrogen) atoms. The van der Waals surface area contributed by atoms with E-state index in [1.54, 1.807) is 0 Å². The Hall–Kier alpha value is -0.120. The molecule has 2 fully saturated rings. The second-order valence-corrected chi connectivity index (χ2v) is 6.33. The Bertz CT molecular complexity index is 220. The molecule has 1 N–H and O–H groups in total. The smallest absolute Gasteiger partial charge is 0.0707 e. The number of rotatable bonds is 6. The van der Waals surface area contributed by atoms with Gasteiger partial charge in [-0.2, -0.15) is 0 Å². The average molecular weight is 240 g/mol. The number of hydrogen-bond donors (Lipinski definition) is 1. The quantitative estimate of drug-likeness (QED) is 0.765. The largest absolute Gasteiger partial charge is 0.372 e. The molecule has 100 valence electrons. The molecule has 3 atom stereocenters. The minimum atomic E-state index is 0.532. The van der Waals surface area contributed by atoms with Crippen molar-refractivity contribution in [1.82, 2.24) is 10.2 Å². The maximum absolute atomic E-state index is 5.86. The van der Waals surface area contributed by atoms with E-state index in [2.05, 4.69) is 31.0 Å². The van der Waals surface area contributed by atoms with Gasteiger partial charge in [0.1, 0.15) is 0 Å². The van der Waals surface area contributed by atoms with Crippen LogP contribution in [0.25, 0.3) is 0 Å². The highest BCUT2D eigenvalue weighted by molar-refractivity contribution is 4.85. The third kappa shape index (κ3) is 4.23. The van der Waals surface area contributed by atoms with E-state index in [-0.39, 0.29) is 0 Å². The fraction of sp³-hybridized carbons (Fsp3) is 1.00. The number of fused-ring (bicyclic) bond motifs is 2. The summed E-state index contributed by atoms with van der Waals surface area (Å²) in [4.78, 5) is 2.60. The van der Waals surface area contributed by atoms with Crippen LogP contribution in [0.4, 0.5) is 0 Å². The van der Waals surface area contributed by atoms with E-state index < -0.39 is 0 Å². The summed E-state index contributed by atoms with van der Waals surface area (Å²) in [5.41, 5.74) is 0. The van der Waals surface area contributed by atoms with Gasteiger partial charge in [-0.25, -0.2) is 0 Å². The van der Waals surface area contributed by atoms with Crippen molar-refractivity contribution in [2.75, 3.05) is 32.7 Å². The Morgan fingerprint density at radius 3 is 2.35 bits per heavy atom. The molecule has 0 saturated carbocycles. The van der Waals surface area contributed by atoms with Crippen LogP contribution in [0.1, 0.15) is 33.6 Å². The van der Waals surface area contributed by atoms with E-state index in [1.165, 1.54) is 19.4 Å². The summed E-state index contributed by atoms with van der Waals surface area (Å²) >= 11 is 0. The van der Waals surface area contributed by atoms with Gasteiger partial charge in [0.05, 0.1) is 12.2 Å². The second-order valence-electron chi connectivity index (χ2n) is 6.33. The lowest BCUT2D eigenvalue weighted by atomic mass is 10.1. The monoisotopic (exact) mass is 240 g/mol. The van der Waals surface area contributed by atoms with Crippen molar-refractivity contribution < 1.29 is 4.74 Å². The maximum atomic E-state index is 5.86. The van der Waals surface area contributed by atoms with Crippen molar-refractivity contribution in [2.24, 2.45) is 11.8 Å². The van der Waals surface area contributed by atoms with Crippen LogP contribution < -0.4 is 5.32 Å². The molecule has 0 aromatic carbocycles. The fourth-order valence-corrected chi connectivity index (χ4v) is 2.97. The minimum absolute atomic E-state index is 0.532. The van der Waals surface area contributed by atoms with Crippen LogP contribution in [0.3, 0.4) is 0 Å². The van der Waals surface area contributed by atoms with Gasteiger partial charge in [0, 0.05) is 19.6 Å². The van der Waals surface area contributed by atoms with Gasteiger partial charge in [-0.1, -0.05) is 20.8 Å². The van der Waals surface area contributed by atoms with Crippen molar-refractivity contribution in [3.63, 3.8) is 0 Å². The Kier molecular flexibility index (Phi) is 4.83. The van der Waals surface area contributed by atoms with E-state index in [0.717, 1.165) is 38.0 Å². The van der Waals surface area contributed by atoms with E-state index in [0.29, 0.717) is 12.2 Å². The second kappa shape index (κ2) is 6.17. The maximum Gasteiger partial charge on any atom is 0.0707 e. The zero-order chi connectivity index (χ0) is 12.3.